The molecule has 6 heteroatoms. The first-order chi connectivity index (χ1) is 12.6. The van der Waals surface area contributed by atoms with Crippen LogP contribution < -0.4 is 4.74 Å². The second-order valence-electron chi connectivity index (χ2n) is 5.74. The Kier molecular flexibility index (Phi) is 5.16. The van der Waals surface area contributed by atoms with Crippen molar-refractivity contribution in [2.75, 3.05) is 14.2 Å². The van der Waals surface area contributed by atoms with Crippen LogP contribution in [0.1, 0.15) is 33.7 Å². The van der Waals surface area contributed by atoms with Crippen molar-refractivity contribution in [2.24, 2.45) is 0 Å². The molecule has 2 atom stereocenters. The Bertz CT molecular complexity index is 926. The number of hydrogen-bond acceptors (Lipinski definition) is 6. The van der Waals surface area contributed by atoms with Crippen LogP contribution in [0.2, 0.25) is 0 Å². The van der Waals surface area contributed by atoms with Crippen LogP contribution in [0, 0.1) is 0 Å². The predicted molar refractivity (Wildman–Crippen MR) is 96.0 cm³/mol. The molecule has 2 aromatic carbocycles. The second-order valence-corrected chi connectivity index (χ2v) is 5.74. The molecule has 3 aromatic rings. The molecule has 1 heterocycles. The van der Waals surface area contributed by atoms with Crippen molar-refractivity contribution >= 4 is 16.9 Å². The lowest BCUT2D eigenvalue weighted by molar-refractivity contribution is 0.0180. The van der Waals surface area contributed by atoms with Crippen molar-refractivity contribution < 1.29 is 24.5 Å². The Balaban J connectivity index is 2.14. The number of carbonyl (C=O) groups is 1. The smallest absolute Gasteiger partial charge is 0.338 e. The molecule has 3 rings (SSSR count). The molecule has 0 unspecified atom stereocenters. The van der Waals surface area contributed by atoms with E-state index in [2.05, 4.69) is 4.98 Å². The van der Waals surface area contributed by atoms with Crippen molar-refractivity contribution in [1.82, 2.24) is 4.98 Å². The van der Waals surface area contributed by atoms with E-state index < -0.39 is 18.2 Å². The minimum Gasteiger partial charge on any atom is -0.481 e. The molecule has 0 aliphatic heterocycles. The van der Waals surface area contributed by atoms with E-state index in [9.17, 15) is 15.0 Å². The van der Waals surface area contributed by atoms with Crippen LogP contribution in [0.3, 0.4) is 0 Å². The van der Waals surface area contributed by atoms with Gasteiger partial charge in [0.05, 0.1) is 25.3 Å². The van der Waals surface area contributed by atoms with Gasteiger partial charge in [0, 0.05) is 17.0 Å². The number of methoxy groups -OCH3 is 2. The Morgan fingerprint density at radius 1 is 0.962 bits per heavy atom. The summed E-state index contributed by atoms with van der Waals surface area (Å²) in [5, 5.41) is 21.8. The summed E-state index contributed by atoms with van der Waals surface area (Å²) >= 11 is 0. The normalized spacial score (nSPS) is 13.2. The maximum Gasteiger partial charge on any atom is 0.338 e. The first-order valence-electron chi connectivity index (χ1n) is 8.04. The van der Waals surface area contributed by atoms with Crippen LogP contribution in [0.5, 0.6) is 5.88 Å². The summed E-state index contributed by atoms with van der Waals surface area (Å²) in [5.41, 5.74) is 1.66. The highest BCUT2D eigenvalue weighted by molar-refractivity contribution is 6.04. The fourth-order valence-electron chi connectivity index (χ4n) is 2.86. The van der Waals surface area contributed by atoms with Gasteiger partial charge in [-0.15, -0.1) is 0 Å². The van der Waals surface area contributed by atoms with Crippen molar-refractivity contribution in [3.63, 3.8) is 0 Å². The summed E-state index contributed by atoms with van der Waals surface area (Å²) in [6.45, 7) is 0. The van der Waals surface area contributed by atoms with Gasteiger partial charge < -0.3 is 19.7 Å². The number of nitrogens with zero attached hydrogens (tertiary/aromatic N) is 1. The fourth-order valence-corrected chi connectivity index (χ4v) is 2.86. The number of aromatic nitrogens is 1. The minimum atomic E-state index is -1.23. The molecule has 1 aromatic heterocycles. The molecule has 0 radical (unpaired) electrons. The Morgan fingerprint density at radius 3 is 2.35 bits per heavy atom. The largest absolute Gasteiger partial charge is 0.481 e. The van der Waals surface area contributed by atoms with Gasteiger partial charge >= 0.3 is 5.97 Å². The van der Waals surface area contributed by atoms with E-state index in [1.807, 2.05) is 6.07 Å². The zero-order valence-electron chi connectivity index (χ0n) is 14.4. The summed E-state index contributed by atoms with van der Waals surface area (Å²) in [6.07, 6.45) is -2.37. The average Bonchev–Trinajstić information content (AvgIpc) is 2.71. The van der Waals surface area contributed by atoms with Gasteiger partial charge in [0.25, 0.3) is 0 Å². The maximum absolute atomic E-state index is 12.0. The van der Waals surface area contributed by atoms with Crippen LogP contribution in [-0.4, -0.2) is 35.4 Å². The van der Waals surface area contributed by atoms with Gasteiger partial charge in [-0.05, 0) is 17.7 Å². The van der Waals surface area contributed by atoms with Crippen molar-refractivity contribution in [2.45, 2.75) is 12.2 Å². The summed E-state index contributed by atoms with van der Waals surface area (Å²) in [7, 11) is 2.78. The summed E-state index contributed by atoms with van der Waals surface area (Å²) in [4.78, 5) is 16.4. The predicted octanol–water partition coefficient (Wildman–Crippen LogP) is 2.80. The van der Waals surface area contributed by atoms with Crippen LogP contribution in [-0.2, 0) is 4.74 Å². The lowest BCUT2D eigenvalue weighted by atomic mass is 9.94. The van der Waals surface area contributed by atoms with E-state index in [1.165, 1.54) is 14.2 Å². The Hall–Kier alpha value is -2.96. The number of esters is 1. The van der Waals surface area contributed by atoms with E-state index in [0.717, 1.165) is 0 Å². The van der Waals surface area contributed by atoms with Gasteiger partial charge in [-0.25, -0.2) is 9.78 Å². The van der Waals surface area contributed by atoms with Gasteiger partial charge in [0.2, 0.25) is 5.88 Å². The highest BCUT2D eigenvalue weighted by Crippen LogP contribution is 2.34. The number of aliphatic hydroxyl groups is 2. The monoisotopic (exact) mass is 353 g/mol. The number of benzene rings is 2. The van der Waals surface area contributed by atoms with Gasteiger partial charge in [-0.3, -0.25) is 0 Å². The quantitative estimate of drug-likeness (QED) is 0.686. The molecule has 0 aliphatic carbocycles. The first-order valence-corrected chi connectivity index (χ1v) is 8.04. The molecular formula is C20H19NO5. The van der Waals surface area contributed by atoms with Crippen molar-refractivity contribution in [3.8, 4) is 5.88 Å². The molecular weight excluding hydrogens is 334 g/mol. The SMILES string of the molecule is COC(=O)c1ccc([C@H](O)[C@@H](O)c2ccccc2)c2nc(OC)ccc12. The minimum absolute atomic E-state index is 0.322. The summed E-state index contributed by atoms with van der Waals surface area (Å²) in [5.74, 6) is -0.172. The summed E-state index contributed by atoms with van der Waals surface area (Å²) < 4.78 is 9.97. The number of hydrogen-bond donors (Lipinski definition) is 2. The van der Waals surface area contributed by atoms with Gasteiger partial charge in [0.1, 0.15) is 12.2 Å². The first kappa shape index (κ1) is 17.8. The molecule has 0 saturated heterocycles. The third kappa shape index (κ3) is 3.24. The number of rotatable bonds is 5. The van der Waals surface area contributed by atoms with E-state index in [-0.39, 0.29) is 0 Å². The molecule has 0 amide bonds. The highest BCUT2D eigenvalue weighted by atomic mass is 16.5. The van der Waals surface area contributed by atoms with Crippen molar-refractivity contribution in [1.29, 1.82) is 0 Å². The van der Waals surface area contributed by atoms with Crippen LogP contribution in [0.25, 0.3) is 10.9 Å². The van der Waals surface area contributed by atoms with E-state index in [0.29, 0.717) is 33.5 Å². The molecule has 0 aliphatic rings. The maximum atomic E-state index is 12.0. The van der Waals surface area contributed by atoms with Crippen LogP contribution in [0.4, 0.5) is 0 Å². The lowest BCUT2D eigenvalue weighted by Crippen LogP contribution is -2.12. The number of carbonyl (C=O) groups excluding carboxylic acids is 1. The summed E-state index contributed by atoms with van der Waals surface area (Å²) in [6, 6.07) is 15.3. The average molecular weight is 353 g/mol. The van der Waals surface area contributed by atoms with Crippen molar-refractivity contribution in [3.05, 3.63) is 71.3 Å². The van der Waals surface area contributed by atoms with Crippen LogP contribution in [0.15, 0.2) is 54.6 Å². The molecule has 2 N–H and O–H groups in total. The van der Waals surface area contributed by atoms with E-state index >= 15 is 0 Å². The zero-order chi connectivity index (χ0) is 18.7. The molecule has 134 valence electrons. The Morgan fingerprint density at radius 2 is 1.69 bits per heavy atom. The number of ether oxygens (including phenoxy) is 2. The Labute approximate surface area is 150 Å². The van der Waals surface area contributed by atoms with E-state index in [4.69, 9.17) is 9.47 Å². The highest BCUT2D eigenvalue weighted by Gasteiger charge is 2.25. The molecule has 26 heavy (non-hydrogen) atoms. The number of pyridine rings is 1. The zero-order valence-corrected chi connectivity index (χ0v) is 14.4. The van der Waals surface area contributed by atoms with Gasteiger partial charge in [0.15, 0.2) is 0 Å². The third-order valence-corrected chi connectivity index (χ3v) is 4.24. The topological polar surface area (TPSA) is 88.9 Å². The number of fused-ring (bicyclic) bond motifs is 1. The molecule has 0 saturated carbocycles. The van der Waals surface area contributed by atoms with Gasteiger partial charge in [-0.1, -0.05) is 36.4 Å². The van der Waals surface area contributed by atoms with E-state index in [1.54, 1.807) is 48.5 Å². The number of aliphatic hydroxyl groups excluding tert-OH is 2. The van der Waals surface area contributed by atoms with Gasteiger partial charge in [-0.2, -0.15) is 0 Å². The molecule has 0 bridgehead atoms. The van der Waals surface area contributed by atoms with Crippen LogP contribution >= 0.6 is 0 Å². The third-order valence-electron chi connectivity index (χ3n) is 4.24. The lowest BCUT2D eigenvalue weighted by Gasteiger charge is -2.20. The second kappa shape index (κ2) is 7.51. The molecule has 0 spiro atoms. The molecule has 0 fully saturated rings. The molecule has 6 nitrogen and oxygen atoms in total. The fraction of sp³-hybridized carbons (Fsp3) is 0.200. The standard InChI is InChI=1S/C20H19NO5/c1-25-16-11-10-13-14(20(24)26-2)8-9-15(17(13)21-16)19(23)18(22)12-6-4-3-5-7-12/h3-11,18-19,22-23H,1-2H3/t18-,19-/m0/s1.